The molecule has 2 rings (SSSR count). The van der Waals surface area contributed by atoms with E-state index in [9.17, 15) is 4.79 Å². The summed E-state index contributed by atoms with van der Waals surface area (Å²) in [6.45, 7) is 13.9. The van der Waals surface area contributed by atoms with Gasteiger partial charge in [0.1, 0.15) is 12.0 Å². The minimum atomic E-state index is -0.515. The van der Waals surface area contributed by atoms with Crippen LogP contribution in [0.3, 0.4) is 0 Å². The van der Waals surface area contributed by atoms with Crippen LogP contribution in [0.25, 0.3) is 0 Å². The predicted molar refractivity (Wildman–Crippen MR) is 102 cm³/mol. The SMILES string of the molecule is C=C1CC(C(=O)OCCN(C(C)C)C(C)C)(c2ccccc2)C1.Cl. The first kappa shape index (κ1) is 20.7. The molecule has 0 bridgehead atoms. The van der Waals surface area contributed by atoms with Gasteiger partial charge in [-0.1, -0.05) is 42.5 Å². The highest BCUT2D eigenvalue weighted by Gasteiger charge is 2.49. The lowest BCUT2D eigenvalue weighted by Crippen LogP contribution is -2.46. The molecule has 134 valence electrons. The van der Waals surface area contributed by atoms with Crippen LogP contribution in [0.1, 0.15) is 46.1 Å². The lowest BCUT2D eigenvalue weighted by atomic mass is 9.62. The van der Waals surface area contributed by atoms with Crippen molar-refractivity contribution < 1.29 is 9.53 Å². The molecule has 4 heteroatoms. The van der Waals surface area contributed by atoms with Crippen molar-refractivity contribution in [2.24, 2.45) is 0 Å². The minimum Gasteiger partial charge on any atom is -0.464 e. The molecule has 1 saturated carbocycles. The number of benzene rings is 1. The van der Waals surface area contributed by atoms with Crippen LogP contribution in [-0.4, -0.2) is 36.1 Å². The van der Waals surface area contributed by atoms with Gasteiger partial charge in [0.15, 0.2) is 0 Å². The van der Waals surface area contributed by atoms with Gasteiger partial charge in [0, 0.05) is 18.6 Å². The van der Waals surface area contributed by atoms with Gasteiger partial charge in [-0.25, -0.2) is 0 Å². The van der Waals surface area contributed by atoms with Crippen LogP contribution >= 0.6 is 12.4 Å². The van der Waals surface area contributed by atoms with Crippen molar-refractivity contribution in [3.05, 3.63) is 48.0 Å². The van der Waals surface area contributed by atoms with E-state index in [1.807, 2.05) is 30.3 Å². The quantitative estimate of drug-likeness (QED) is 0.540. The second-order valence-corrected chi connectivity index (χ2v) is 7.11. The lowest BCUT2D eigenvalue weighted by molar-refractivity contribution is -0.153. The van der Waals surface area contributed by atoms with Gasteiger partial charge in [0.2, 0.25) is 0 Å². The summed E-state index contributed by atoms with van der Waals surface area (Å²) in [7, 11) is 0. The number of carbonyl (C=O) groups is 1. The summed E-state index contributed by atoms with van der Waals surface area (Å²) in [5.41, 5.74) is 1.65. The molecule has 0 radical (unpaired) electrons. The number of hydrogen-bond donors (Lipinski definition) is 0. The van der Waals surface area contributed by atoms with E-state index in [0.29, 0.717) is 31.5 Å². The lowest BCUT2D eigenvalue weighted by Gasteiger charge is -2.41. The molecule has 24 heavy (non-hydrogen) atoms. The average molecular weight is 352 g/mol. The van der Waals surface area contributed by atoms with Gasteiger partial charge in [-0.15, -0.1) is 12.4 Å². The van der Waals surface area contributed by atoms with Crippen LogP contribution in [-0.2, 0) is 14.9 Å². The molecule has 0 amide bonds. The van der Waals surface area contributed by atoms with Crippen LogP contribution < -0.4 is 0 Å². The van der Waals surface area contributed by atoms with Crippen LogP contribution in [0.2, 0.25) is 0 Å². The number of nitrogens with zero attached hydrogens (tertiary/aromatic N) is 1. The Labute approximate surface area is 152 Å². The average Bonchev–Trinajstić information content (AvgIpc) is 2.48. The minimum absolute atomic E-state index is 0. The van der Waals surface area contributed by atoms with Gasteiger partial charge in [0.25, 0.3) is 0 Å². The van der Waals surface area contributed by atoms with E-state index in [4.69, 9.17) is 4.74 Å². The molecule has 0 atom stereocenters. The monoisotopic (exact) mass is 351 g/mol. The van der Waals surface area contributed by atoms with Crippen molar-refractivity contribution in [2.45, 2.75) is 58.0 Å². The van der Waals surface area contributed by atoms with Crippen molar-refractivity contribution in [3.63, 3.8) is 0 Å². The predicted octanol–water partition coefficient (Wildman–Crippen LogP) is 4.36. The highest BCUT2D eigenvalue weighted by molar-refractivity contribution is 5.86. The Balaban J connectivity index is 0.00000288. The highest BCUT2D eigenvalue weighted by atomic mass is 35.5. The largest absolute Gasteiger partial charge is 0.464 e. The standard InChI is InChI=1S/C20H29NO2.ClH/c1-15(2)21(16(3)4)11-12-23-19(22)20(13-17(5)14-20)18-9-7-6-8-10-18;/h6-10,15-16H,5,11-14H2,1-4H3;1H. The molecule has 0 unspecified atom stereocenters. The Hall–Kier alpha value is -1.32. The molecular weight excluding hydrogens is 322 g/mol. The zero-order valence-corrected chi connectivity index (χ0v) is 16.1. The van der Waals surface area contributed by atoms with E-state index >= 15 is 0 Å². The third-order valence-corrected chi connectivity index (χ3v) is 4.73. The smallest absolute Gasteiger partial charge is 0.317 e. The van der Waals surface area contributed by atoms with Gasteiger partial charge >= 0.3 is 5.97 Å². The van der Waals surface area contributed by atoms with E-state index < -0.39 is 5.41 Å². The summed E-state index contributed by atoms with van der Waals surface area (Å²) >= 11 is 0. The molecule has 1 fully saturated rings. The Kier molecular flexibility index (Phi) is 7.50. The van der Waals surface area contributed by atoms with Gasteiger partial charge in [-0.2, -0.15) is 0 Å². The fraction of sp³-hybridized carbons (Fsp3) is 0.550. The second kappa shape index (κ2) is 8.68. The molecule has 1 aromatic rings. The maximum absolute atomic E-state index is 12.7. The zero-order chi connectivity index (χ0) is 17.0. The maximum Gasteiger partial charge on any atom is 0.317 e. The van der Waals surface area contributed by atoms with Crippen LogP contribution in [0.15, 0.2) is 42.5 Å². The molecule has 3 nitrogen and oxygen atoms in total. The third kappa shape index (κ3) is 4.40. The molecule has 1 aromatic carbocycles. The van der Waals surface area contributed by atoms with Gasteiger partial charge < -0.3 is 4.74 Å². The van der Waals surface area contributed by atoms with Crippen molar-refractivity contribution in [3.8, 4) is 0 Å². The second-order valence-electron chi connectivity index (χ2n) is 7.11. The maximum atomic E-state index is 12.7. The molecule has 0 spiro atoms. The first-order chi connectivity index (χ1) is 10.9. The molecule has 1 aliphatic carbocycles. The number of carbonyl (C=O) groups excluding carboxylic acids is 1. The first-order valence-electron chi connectivity index (χ1n) is 8.52. The van der Waals surface area contributed by atoms with Gasteiger partial charge in [0.05, 0.1) is 0 Å². The molecule has 0 aromatic heterocycles. The van der Waals surface area contributed by atoms with Gasteiger partial charge in [-0.3, -0.25) is 9.69 Å². The van der Waals surface area contributed by atoms with E-state index in [1.54, 1.807) is 0 Å². The van der Waals surface area contributed by atoms with Crippen molar-refractivity contribution in [1.29, 1.82) is 0 Å². The third-order valence-electron chi connectivity index (χ3n) is 4.73. The van der Waals surface area contributed by atoms with E-state index in [1.165, 1.54) is 0 Å². The molecule has 0 saturated heterocycles. The summed E-state index contributed by atoms with van der Waals surface area (Å²) < 4.78 is 5.66. The van der Waals surface area contributed by atoms with E-state index in [0.717, 1.165) is 17.7 Å². The Morgan fingerprint density at radius 1 is 1.17 bits per heavy atom. The summed E-state index contributed by atoms with van der Waals surface area (Å²) in [5, 5.41) is 0. The first-order valence-corrected chi connectivity index (χ1v) is 8.52. The number of hydrogen-bond acceptors (Lipinski definition) is 3. The fourth-order valence-corrected chi connectivity index (χ4v) is 3.52. The molecule has 1 aliphatic rings. The molecule has 0 N–H and O–H groups in total. The normalized spacial score (nSPS) is 16.0. The Bertz CT molecular complexity index is 538. The van der Waals surface area contributed by atoms with Crippen LogP contribution in [0, 0.1) is 0 Å². The number of rotatable bonds is 7. The highest BCUT2D eigenvalue weighted by Crippen LogP contribution is 2.47. The molecule has 0 aliphatic heterocycles. The van der Waals surface area contributed by atoms with Crippen LogP contribution in [0.4, 0.5) is 0 Å². The number of esters is 1. The summed E-state index contributed by atoms with van der Waals surface area (Å²) in [6.07, 6.45) is 1.40. The summed E-state index contributed by atoms with van der Waals surface area (Å²) in [6, 6.07) is 10.8. The van der Waals surface area contributed by atoms with Gasteiger partial charge in [-0.05, 0) is 46.1 Å². The van der Waals surface area contributed by atoms with Crippen molar-refractivity contribution >= 4 is 18.4 Å². The topological polar surface area (TPSA) is 29.5 Å². The fourth-order valence-electron chi connectivity index (χ4n) is 3.52. The number of halogens is 1. The molecular formula is C20H30ClNO2. The zero-order valence-electron chi connectivity index (χ0n) is 15.2. The number of ether oxygens (including phenoxy) is 1. The summed E-state index contributed by atoms with van der Waals surface area (Å²) in [4.78, 5) is 15.1. The Morgan fingerprint density at radius 2 is 1.71 bits per heavy atom. The van der Waals surface area contributed by atoms with Crippen LogP contribution in [0.5, 0.6) is 0 Å². The van der Waals surface area contributed by atoms with Crippen molar-refractivity contribution in [1.82, 2.24) is 4.90 Å². The molecule has 0 heterocycles. The van der Waals surface area contributed by atoms with Crippen molar-refractivity contribution in [2.75, 3.05) is 13.2 Å². The number of allylic oxidation sites excluding steroid dienone is 1. The summed E-state index contributed by atoms with van der Waals surface area (Å²) in [5.74, 6) is -0.108. The Morgan fingerprint density at radius 3 is 2.17 bits per heavy atom. The van der Waals surface area contributed by atoms with E-state index in [2.05, 4.69) is 39.2 Å². The van der Waals surface area contributed by atoms with E-state index in [-0.39, 0.29) is 18.4 Å².